The first-order chi connectivity index (χ1) is 26.5. The molecule has 0 spiro atoms. The Morgan fingerprint density at radius 2 is 0.600 bits per heavy atom. The van der Waals surface area contributed by atoms with E-state index in [1.807, 2.05) is 0 Å². The maximum absolute atomic E-state index is 11.0. The molecule has 0 unspecified atom stereocenters. The minimum atomic E-state index is -1.18. The predicted octanol–water partition coefficient (Wildman–Crippen LogP) is 12.2. The largest absolute Gasteiger partial charge is 2.00 e. The first kappa shape index (κ1) is 53.2. The second-order valence-corrected chi connectivity index (χ2v) is 15.2. The van der Waals surface area contributed by atoms with Crippen LogP contribution in [0.4, 0.5) is 0 Å². The van der Waals surface area contributed by atoms with Gasteiger partial charge in [-0.3, -0.25) is 0 Å². The summed E-state index contributed by atoms with van der Waals surface area (Å²) in [5.74, 6) is -1.52. The van der Waals surface area contributed by atoms with Gasteiger partial charge in [0, 0.05) is 11.1 Å². The summed E-state index contributed by atoms with van der Waals surface area (Å²) in [6.45, 7) is 5.69. The Hall–Kier alpha value is -1.76. The minimum Gasteiger partial charge on any atom is -0.545 e. The summed E-state index contributed by atoms with van der Waals surface area (Å²) in [4.78, 5) is 22.0. The zero-order chi connectivity index (χ0) is 39.2. The molecule has 0 bridgehead atoms. The van der Waals surface area contributed by atoms with Crippen LogP contribution in [0.1, 0.15) is 227 Å². The van der Waals surface area contributed by atoms with Crippen molar-refractivity contribution in [1.29, 1.82) is 0 Å². The molecular formula is C48H78CaO6. The van der Waals surface area contributed by atoms with Crippen LogP contribution < -0.4 is 19.7 Å². The van der Waals surface area contributed by atoms with Crippen molar-refractivity contribution in [2.24, 2.45) is 0 Å². The second kappa shape index (κ2) is 40.4. The van der Waals surface area contributed by atoms with E-state index in [9.17, 15) is 19.8 Å². The average Bonchev–Trinajstić information content (AvgIpc) is 3.18. The molecule has 2 aromatic rings. The Morgan fingerprint density at radius 1 is 0.382 bits per heavy atom. The smallest absolute Gasteiger partial charge is 0.545 e. The van der Waals surface area contributed by atoms with Crippen molar-refractivity contribution >= 4 is 49.7 Å². The maximum Gasteiger partial charge on any atom is 2.00 e. The Balaban J connectivity index is 0.00000104. The number of ether oxygens (including phenoxy) is 2. The third-order valence-electron chi connectivity index (χ3n) is 10.2. The van der Waals surface area contributed by atoms with E-state index in [-0.39, 0.29) is 48.9 Å². The van der Waals surface area contributed by atoms with E-state index in [4.69, 9.17) is 9.47 Å². The summed E-state index contributed by atoms with van der Waals surface area (Å²) < 4.78 is 11.2. The topological polar surface area (TPSA) is 98.7 Å². The molecule has 55 heavy (non-hydrogen) atoms. The van der Waals surface area contributed by atoms with Gasteiger partial charge in [-0.15, -0.1) is 0 Å². The fraction of sp³-hybridized carbons (Fsp3) is 0.708. The zero-order valence-corrected chi connectivity index (χ0v) is 37.6. The summed E-state index contributed by atoms with van der Waals surface area (Å²) in [5, 5.41) is 22.0. The van der Waals surface area contributed by atoms with E-state index in [0.29, 0.717) is 24.7 Å². The van der Waals surface area contributed by atoms with Gasteiger partial charge in [0.05, 0.1) is 25.2 Å². The Morgan fingerprint density at radius 3 is 0.836 bits per heavy atom. The normalized spacial score (nSPS) is 10.7. The van der Waals surface area contributed by atoms with Crippen LogP contribution in [0.25, 0.3) is 0 Å². The molecule has 2 rings (SSSR count). The van der Waals surface area contributed by atoms with E-state index in [2.05, 4.69) is 13.8 Å². The van der Waals surface area contributed by atoms with Crippen LogP contribution in [0.5, 0.6) is 11.5 Å². The monoisotopic (exact) mass is 791 g/mol. The molecule has 0 heterocycles. The van der Waals surface area contributed by atoms with Crippen LogP contribution >= 0.6 is 0 Å². The number of benzene rings is 2. The number of hydrogen-bond acceptors (Lipinski definition) is 6. The molecule has 0 radical (unpaired) electrons. The molecule has 0 amide bonds. The third kappa shape index (κ3) is 32.0. The Labute approximate surface area is 367 Å². The average molecular weight is 791 g/mol. The molecule has 0 aliphatic heterocycles. The maximum atomic E-state index is 11.0. The Kier molecular flexibility index (Phi) is 39.1. The summed E-state index contributed by atoms with van der Waals surface area (Å²) in [7, 11) is 0. The molecule has 308 valence electrons. The van der Waals surface area contributed by atoms with E-state index >= 15 is 0 Å². The van der Waals surface area contributed by atoms with Crippen LogP contribution in [0, 0.1) is 0 Å². The van der Waals surface area contributed by atoms with Crippen molar-refractivity contribution in [3.05, 3.63) is 59.7 Å². The van der Waals surface area contributed by atoms with Crippen LogP contribution in [-0.2, 0) is 0 Å². The van der Waals surface area contributed by atoms with Gasteiger partial charge in [0.25, 0.3) is 0 Å². The molecule has 7 heteroatoms. The van der Waals surface area contributed by atoms with Crippen LogP contribution in [0.2, 0.25) is 0 Å². The van der Waals surface area contributed by atoms with Gasteiger partial charge < -0.3 is 29.3 Å². The second-order valence-electron chi connectivity index (χ2n) is 15.2. The fourth-order valence-corrected chi connectivity index (χ4v) is 6.83. The molecule has 2 aromatic carbocycles. The van der Waals surface area contributed by atoms with Crippen molar-refractivity contribution < 1.29 is 29.3 Å². The number of carboxylic acid groups (broad SMARTS) is 2. The van der Waals surface area contributed by atoms with Gasteiger partial charge in [0.1, 0.15) is 11.5 Å². The predicted molar refractivity (Wildman–Crippen MR) is 228 cm³/mol. The number of carbonyl (C=O) groups excluding carboxylic acids is 2. The minimum absolute atomic E-state index is 0. The molecule has 0 fully saturated rings. The summed E-state index contributed by atoms with van der Waals surface area (Å²) in [6.07, 6.45) is 40.0. The van der Waals surface area contributed by atoms with Crippen molar-refractivity contribution in [3.63, 3.8) is 0 Å². The number of carboxylic acids is 2. The summed E-state index contributed by atoms with van der Waals surface area (Å²) >= 11 is 0. The van der Waals surface area contributed by atoms with Crippen molar-refractivity contribution in [3.8, 4) is 11.5 Å². The molecule has 0 saturated heterocycles. The number of rotatable bonds is 36. The van der Waals surface area contributed by atoms with Crippen molar-refractivity contribution in [2.45, 2.75) is 206 Å². The van der Waals surface area contributed by atoms with Crippen molar-refractivity contribution in [2.75, 3.05) is 13.2 Å². The van der Waals surface area contributed by atoms with Gasteiger partial charge in [0.2, 0.25) is 0 Å². The van der Waals surface area contributed by atoms with E-state index in [1.165, 1.54) is 179 Å². The van der Waals surface area contributed by atoms with E-state index < -0.39 is 11.9 Å². The molecule has 0 atom stereocenters. The van der Waals surface area contributed by atoms with Crippen LogP contribution in [0.3, 0.4) is 0 Å². The van der Waals surface area contributed by atoms with Gasteiger partial charge in [-0.2, -0.15) is 0 Å². The van der Waals surface area contributed by atoms with Gasteiger partial charge in [-0.05, 0) is 37.1 Å². The van der Waals surface area contributed by atoms with Gasteiger partial charge >= 0.3 is 37.7 Å². The quantitative estimate of drug-likeness (QED) is 0.0503. The zero-order valence-electron chi connectivity index (χ0n) is 35.4. The summed E-state index contributed by atoms with van der Waals surface area (Å²) in [6, 6.07) is 13.4. The number of aromatic carboxylic acids is 2. The molecule has 0 aromatic heterocycles. The molecule has 0 saturated carbocycles. The number of carbonyl (C=O) groups is 2. The molecule has 0 aliphatic rings. The molecule has 0 aliphatic carbocycles. The van der Waals surface area contributed by atoms with Crippen LogP contribution in [-0.4, -0.2) is 62.9 Å². The van der Waals surface area contributed by atoms with Crippen LogP contribution in [0.15, 0.2) is 48.5 Å². The number of hydrogen-bond donors (Lipinski definition) is 0. The Bertz CT molecular complexity index is 1070. The van der Waals surface area contributed by atoms with Gasteiger partial charge in [-0.1, -0.05) is 218 Å². The molecular weight excluding hydrogens is 713 g/mol. The van der Waals surface area contributed by atoms with Gasteiger partial charge in [-0.25, -0.2) is 0 Å². The summed E-state index contributed by atoms with van der Waals surface area (Å²) in [5.41, 5.74) is 0.275. The van der Waals surface area contributed by atoms with E-state index in [0.717, 1.165) is 25.7 Å². The van der Waals surface area contributed by atoms with Crippen molar-refractivity contribution in [1.82, 2.24) is 0 Å². The first-order valence-electron chi connectivity index (χ1n) is 22.4. The fourth-order valence-electron chi connectivity index (χ4n) is 6.83. The molecule has 0 N–H and O–H groups in total. The third-order valence-corrected chi connectivity index (χ3v) is 10.2. The first-order valence-corrected chi connectivity index (χ1v) is 22.4. The molecule has 6 nitrogen and oxygen atoms in total. The van der Waals surface area contributed by atoms with E-state index in [1.54, 1.807) is 36.4 Å². The number of unbranched alkanes of at least 4 members (excludes halogenated alkanes) is 28. The number of para-hydroxylation sites is 2. The standard InChI is InChI=1S/2C24H40O3.Ca/c2*1-2-3-4-5-6-7-8-9-10-11-12-13-14-15-18-21-27-23-20-17-16-19-22(23)24(25)26;/h2*16-17,19-20H,2-15,18,21H2,1H3,(H,25,26);/q;;+2/p-2. The SMILES string of the molecule is CCCCCCCCCCCCCCCCCOc1ccccc1C(=O)[O-].CCCCCCCCCCCCCCCCCOc1ccccc1C(=O)[O-].[Ca+2]. The van der Waals surface area contributed by atoms with Gasteiger partial charge in [0.15, 0.2) is 0 Å².